The van der Waals surface area contributed by atoms with E-state index in [1.807, 2.05) is 31.2 Å². The minimum Gasteiger partial charge on any atom is -0.440 e. The molecule has 1 amide bonds. The molecule has 0 radical (unpaired) electrons. The monoisotopic (exact) mass is 463 g/mol. The number of nitrogens with one attached hydrogen (secondary N) is 2. The highest BCUT2D eigenvalue weighted by Crippen LogP contribution is 2.26. The van der Waals surface area contributed by atoms with Gasteiger partial charge in [0.05, 0.1) is 5.69 Å². The maximum Gasteiger partial charge on any atom is 0.220 e. The molecule has 0 spiro atoms. The lowest BCUT2D eigenvalue weighted by atomic mass is 10.1. The summed E-state index contributed by atoms with van der Waals surface area (Å²) in [6.45, 7) is 3.83. The highest BCUT2D eigenvalue weighted by Gasteiger charge is 2.17. The molecule has 0 bridgehead atoms. The number of halogens is 3. The molecular weight excluding hydrogens is 441 g/mol. The normalized spacial score (nSPS) is 16.3. The highest BCUT2D eigenvalue weighted by molar-refractivity contribution is 9.10. The first-order valence-electron chi connectivity index (χ1n) is 8.34. The van der Waals surface area contributed by atoms with Gasteiger partial charge in [-0.05, 0) is 38.4 Å². The molecule has 2 heterocycles. The van der Waals surface area contributed by atoms with Gasteiger partial charge in [-0.3, -0.25) is 4.79 Å². The van der Waals surface area contributed by atoms with Crippen molar-refractivity contribution in [1.82, 2.24) is 15.6 Å². The zero-order valence-electron chi connectivity index (χ0n) is 14.6. The van der Waals surface area contributed by atoms with Crippen molar-refractivity contribution in [1.29, 1.82) is 0 Å². The molecule has 1 saturated heterocycles. The lowest BCUT2D eigenvalue weighted by Crippen LogP contribution is -2.45. The predicted molar refractivity (Wildman–Crippen MR) is 111 cm³/mol. The second-order valence-electron chi connectivity index (χ2n) is 6.14. The van der Waals surface area contributed by atoms with Crippen molar-refractivity contribution in [2.45, 2.75) is 38.6 Å². The van der Waals surface area contributed by atoms with Crippen LogP contribution in [0.15, 0.2) is 33.2 Å². The maximum absolute atomic E-state index is 12.1. The largest absolute Gasteiger partial charge is 0.440 e. The van der Waals surface area contributed by atoms with Gasteiger partial charge in [0, 0.05) is 35.5 Å². The molecule has 144 valence electrons. The minimum atomic E-state index is 0. The van der Waals surface area contributed by atoms with Gasteiger partial charge in [-0.2, -0.15) is 0 Å². The van der Waals surface area contributed by atoms with Crippen LogP contribution in [0.3, 0.4) is 0 Å². The van der Waals surface area contributed by atoms with Gasteiger partial charge in [0.1, 0.15) is 0 Å². The van der Waals surface area contributed by atoms with Crippen LogP contribution in [0.4, 0.5) is 0 Å². The van der Waals surface area contributed by atoms with E-state index in [2.05, 4.69) is 31.5 Å². The van der Waals surface area contributed by atoms with Crippen LogP contribution < -0.4 is 10.6 Å². The van der Waals surface area contributed by atoms with Crippen molar-refractivity contribution < 1.29 is 9.21 Å². The standard InChI is InChI=1S/C18H22BrN3O2.2ClH/c1-12-18(13-4-6-14(19)7-5-13)24-17(21-12)9-8-16(23)22-15-3-2-10-20-11-15;;/h4-7,15,20H,2-3,8-11H2,1H3,(H,22,23);2*1H/t15-;;/m0../s1. The number of aryl methyl sites for hydroxylation is 2. The van der Waals surface area contributed by atoms with Crippen LogP contribution in [0, 0.1) is 6.92 Å². The molecule has 1 atom stereocenters. The lowest BCUT2D eigenvalue weighted by molar-refractivity contribution is -0.121. The van der Waals surface area contributed by atoms with Crippen molar-refractivity contribution in [3.05, 3.63) is 40.3 Å². The van der Waals surface area contributed by atoms with Crippen LogP contribution >= 0.6 is 40.7 Å². The third-order valence-corrected chi connectivity index (χ3v) is 4.70. The summed E-state index contributed by atoms with van der Waals surface area (Å²) in [6, 6.07) is 8.18. The zero-order valence-corrected chi connectivity index (χ0v) is 17.8. The molecule has 1 aliphatic heterocycles. The van der Waals surface area contributed by atoms with E-state index >= 15 is 0 Å². The Morgan fingerprint density at radius 2 is 2.08 bits per heavy atom. The van der Waals surface area contributed by atoms with Crippen molar-refractivity contribution in [2.24, 2.45) is 0 Å². The first kappa shape index (κ1) is 23.0. The van der Waals surface area contributed by atoms with Crippen LogP contribution in [0.1, 0.15) is 30.8 Å². The van der Waals surface area contributed by atoms with Gasteiger partial charge in [-0.15, -0.1) is 24.8 Å². The van der Waals surface area contributed by atoms with Gasteiger partial charge in [-0.1, -0.05) is 28.1 Å². The Morgan fingerprint density at radius 3 is 2.73 bits per heavy atom. The smallest absolute Gasteiger partial charge is 0.220 e. The van der Waals surface area contributed by atoms with E-state index in [9.17, 15) is 4.79 Å². The Kier molecular flexibility index (Phi) is 9.64. The molecule has 2 N–H and O–H groups in total. The van der Waals surface area contributed by atoms with Gasteiger partial charge < -0.3 is 15.1 Å². The van der Waals surface area contributed by atoms with E-state index in [1.54, 1.807) is 0 Å². The van der Waals surface area contributed by atoms with E-state index in [1.165, 1.54) is 0 Å². The average molecular weight is 465 g/mol. The fourth-order valence-corrected chi connectivity index (χ4v) is 3.19. The molecule has 3 rings (SSSR count). The van der Waals surface area contributed by atoms with Crippen LogP contribution in [-0.4, -0.2) is 30.0 Å². The molecule has 8 heteroatoms. The van der Waals surface area contributed by atoms with E-state index in [0.29, 0.717) is 18.7 Å². The second kappa shape index (κ2) is 10.9. The first-order chi connectivity index (χ1) is 11.6. The zero-order chi connectivity index (χ0) is 16.9. The minimum absolute atomic E-state index is 0. The van der Waals surface area contributed by atoms with Gasteiger partial charge in [-0.25, -0.2) is 4.98 Å². The number of hydrogen-bond donors (Lipinski definition) is 2. The summed E-state index contributed by atoms with van der Waals surface area (Å²) in [6.07, 6.45) is 3.07. The summed E-state index contributed by atoms with van der Waals surface area (Å²) in [5.74, 6) is 1.45. The SMILES string of the molecule is Cc1nc(CCC(=O)N[C@H]2CCCNC2)oc1-c1ccc(Br)cc1.Cl.Cl. The molecule has 1 aromatic heterocycles. The van der Waals surface area contributed by atoms with Crippen LogP contribution in [0.25, 0.3) is 11.3 Å². The third kappa shape index (κ3) is 6.27. The highest BCUT2D eigenvalue weighted by atomic mass is 79.9. The van der Waals surface area contributed by atoms with Crippen molar-refractivity contribution >= 4 is 46.7 Å². The van der Waals surface area contributed by atoms with E-state index < -0.39 is 0 Å². The summed E-state index contributed by atoms with van der Waals surface area (Å²) in [5.41, 5.74) is 1.84. The van der Waals surface area contributed by atoms with Crippen LogP contribution in [0.2, 0.25) is 0 Å². The Hall–Kier alpha value is -1.08. The number of rotatable bonds is 5. The number of piperidine rings is 1. The maximum atomic E-state index is 12.1. The molecule has 5 nitrogen and oxygen atoms in total. The van der Waals surface area contributed by atoms with Gasteiger partial charge in [0.15, 0.2) is 11.7 Å². The Morgan fingerprint density at radius 1 is 1.35 bits per heavy atom. The summed E-state index contributed by atoms with van der Waals surface area (Å²) in [4.78, 5) is 16.5. The van der Waals surface area contributed by atoms with E-state index in [4.69, 9.17) is 4.42 Å². The number of oxazole rings is 1. The number of carbonyl (C=O) groups excluding carboxylic acids is 1. The molecule has 0 unspecified atom stereocenters. The van der Waals surface area contributed by atoms with Crippen molar-refractivity contribution in [2.75, 3.05) is 13.1 Å². The molecule has 2 aromatic rings. The van der Waals surface area contributed by atoms with Crippen LogP contribution in [-0.2, 0) is 11.2 Å². The number of hydrogen-bond acceptors (Lipinski definition) is 4. The van der Waals surface area contributed by atoms with E-state index in [0.717, 1.165) is 47.4 Å². The Balaban J connectivity index is 0.00000169. The predicted octanol–water partition coefficient (Wildman–Crippen LogP) is 4.06. The third-order valence-electron chi connectivity index (χ3n) is 4.18. The quantitative estimate of drug-likeness (QED) is 0.700. The molecule has 1 aliphatic rings. The number of nitrogens with zero attached hydrogens (tertiary/aromatic N) is 1. The summed E-state index contributed by atoms with van der Waals surface area (Å²) >= 11 is 3.43. The molecular formula is C18H24BrCl2N3O2. The molecule has 26 heavy (non-hydrogen) atoms. The van der Waals surface area contributed by atoms with Crippen molar-refractivity contribution in [3.63, 3.8) is 0 Å². The molecule has 1 fully saturated rings. The fraction of sp³-hybridized carbons (Fsp3) is 0.444. The van der Waals surface area contributed by atoms with Gasteiger partial charge in [0.2, 0.25) is 5.91 Å². The van der Waals surface area contributed by atoms with Crippen LogP contribution in [0.5, 0.6) is 0 Å². The number of amides is 1. The average Bonchev–Trinajstić information content (AvgIpc) is 2.95. The summed E-state index contributed by atoms with van der Waals surface area (Å²) in [7, 11) is 0. The molecule has 0 aliphatic carbocycles. The topological polar surface area (TPSA) is 67.2 Å². The summed E-state index contributed by atoms with van der Waals surface area (Å²) in [5, 5.41) is 6.37. The fourth-order valence-electron chi connectivity index (χ4n) is 2.92. The summed E-state index contributed by atoms with van der Waals surface area (Å²) < 4.78 is 6.89. The number of benzene rings is 1. The van der Waals surface area contributed by atoms with Gasteiger partial charge in [0.25, 0.3) is 0 Å². The first-order valence-corrected chi connectivity index (χ1v) is 9.13. The Labute approximate surface area is 174 Å². The van der Waals surface area contributed by atoms with E-state index in [-0.39, 0.29) is 36.8 Å². The van der Waals surface area contributed by atoms with Gasteiger partial charge >= 0.3 is 0 Å². The number of carbonyl (C=O) groups is 1. The lowest BCUT2D eigenvalue weighted by Gasteiger charge is -2.23. The molecule has 0 saturated carbocycles. The second-order valence-corrected chi connectivity index (χ2v) is 7.06. The Bertz CT molecular complexity index is 701. The number of aromatic nitrogens is 1. The molecule has 1 aromatic carbocycles. The van der Waals surface area contributed by atoms with Crippen molar-refractivity contribution in [3.8, 4) is 11.3 Å².